The number of nitrogens with one attached hydrogen (secondary N) is 2. The largest absolute Gasteiger partial charge is 0.350 e. The molecule has 3 rings (SSSR count). The van der Waals surface area contributed by atoms with Crippen molar-refractivity contribution < 1.29 is 9.32 Å². The van der Waals surface area contributed by atoms with Gasteiger partial charge in [0.1, 0.15) is 5.69 Å². The lowest BCUT2D eigenvalue weighted by Crippen LogP contribution is -2.44. The van der Waals surface area contributed by atoms with Crippen LogP contribution in [0.3, 0.4) is 0 Å². The number of nitrogens with zero attached hydrogens (tertiary/aromatic N) is 2. The van der Waals surface area contributed by atoms with Gasteiger partial charge in [0.05, 0.1) is 0 Å². The molecule has 25 heavy (non-hydrogen) atoms. The van der Waals surface area contributed by atoms with Gasteiger partial charge in [0, 0.05) is 49.4 Å². The zero-order chi connectivity index (χ0) is 16.8. The lowest BCUT2D eigenvalue weighted by Gasteiger charge is -2.26. The SMILES string of the molecule is Cl.O=C(NCCCN1CCNCC1)c1cc(-c2cccc(Cl)c2)no1. The molecular weight excluding hydrogens is 363 g/mol. The van der Waals surface area contributed by atoms with E-state index in [0.29, 0.717) is 17.3 Å². The first kappa shape index (κ1) is 19.7. The van der Waals surface area contributed by atoms with Crippen LogP contribution in [0.4, 0.5) is 0 Å². The molecule has 1 fully saturated rings. The Balaban J connectivity index is 0.00000225. The van der Waals surface area contributed by atoms with Crippen LogP contribution >= 0.6 is 24.0 Å². The van der Waals surface area contributed by atoms with Gasteiger partial charge in [-0.25, -0.2) is 0 Å². The first-order chi connectivity index (χ1) is 11.7. The minimum Gasteiger partial charge on any atom is -0.350 e. The van der Waals surface area contributed by atoms with Crippen molar-refractivity contribution in [1.82, 2.24) is 20.7 Å². The number of hydrogen-bond donors (Lipinski definition) is 2. The average Bonchev–Trinajstić information content (AvgIpc) is 3.10. The van der Waals surface area contributed by atoms with Crippen molar-refractivity contribution in [2.75, 3.05) is 39.3 Å². The summed E-state index contributed by atoms with van der Waals surface area (Å²) in [5, 5.41) is 10.8. The zero-order valence-corrected chi connectivity index (χ0v) is 15.4. The van der Waals surface area contributed by atoms with E-state index >= 15 is 0 Å². The first-order valence-corrected chi connectivity index (χ1v) is 8.54. The van der Waals surface area contributed by atoms with Crippen molar-refractivity contribution in [3.8, 4) is 11.3 Å². The maximum absolute atomic E-state index is 12.1. The summed E-state index contributed by atoms with van der Waals surface area (Å²) in [5.74, 6) is -0.0248. The number of rotatable bonds is 6. The van der Waals surface area contributed by atoms with E-state index in [1.54, 1.807) is 18.2 Å². The highest BCUT2D eigenvalue weighted by molar-refractivity contribution is 6.30. The fraction of sp³-hybridized carbons (Fsp3) is 0.412. The molecule has 0 spiro atoms. The molecule has 0 unspecified atom stereocenters. The van der Waals surface area contributed by atoms with Crippen LogP contribution in [0.2, 0.25) is 5.02 Å². The summed E-state index contributed by atoms with van der Waals surface area (Å²) in [5.41, 5.74) is 1.42. The Labute approximate surface area is 158 Å². The summed E-state index contributed by atoms with van der Waals surface area (Å²) in [6.45, 7) is 5.83. The van der Waals surface area contributed by atoms with E-state index < -0.39 is 0 Å². The number of hydrogen-bond acceptors (Lipinski definition) is 5. The molecule has 1 aliphatic rings. The molecule has 0 radical (unpaired) electrons. The number of carbonyl (C=O) groups is 1. The van der Waals surface area contributed by atoms with Crippen LogP contribution in [0.1, 0.15) is 17.0 Å². The molecule has 6 nitrogen and oxygen atoms in total. The van der Waals surface area contributed by atoms with Gasteiger partial charge in [-0.05, 0) is 25.1 Å². The Hall–Kier alpha value is -1.60. The summed E-state index contributed by atoms with van der Waals surface area (Å²) in [6.07, 6.45) is 0.918. The quantitative estimate of drug-likeness (QED) is 0.748. The predicted octanol–water partition coefficient (Wildman–Crippen LogP) is 2.44. The maximum Gasteiger partial charge on any atom is 0.289 e. The minimum atomic E-state index is -0.240. The molecule has 2 N–H and O–H groups in total. The van der Waals surface area contributed by atoms with Gasteiger partial charge in [0.25, 0.3) is 5.91 Å². The standard InChI is InChI=1S/C17H21ClN4O2.ClH/c18-14-4-1-3-13(11-14)15-12-16(24-21-15)17(23)20-5-2-8-22-9-6-19-7-10-22;/h1,3-4,11-12,19H,2,5-10H2,(H,20,23);1H. The second kappa shape index (κ2) is 9.77. The molecule has 0 bridgehead atoms. The summed E-state index contributed by atoms with van der Waals surface area (Å²) in [6, 6.07) is 8.92. The molecule has 2 aromatic rings. The second-order valence-electron chi connectivity index (χ2n) is 5.79. The van der Waals surface area contributed by atoms with Crippen LogP contribution in [0.15, 0.2) is 34.9 Å². The lowest BCUT2D eigenvalue weighted by atomic mass is 10.1. The number of carbonyl (C=O) groups excluding carboxylic acids is 1. The number of benzene rings is 1. The molecular formula is C17H22Cl2N4O2. The Bertz CT molecular complexity index is 687. The third-order valence-corrected chi connectivity index (χ3v) is 4.24. The molecule has 136 valence electrons. The van der Waals surface area contributed by atoms with Crippen molar-refractivity contribution in [2.45, 2.75) is 6.42 Å². The topological polar surface area (TPSA) is 70.4 Å². The molecule has 1 aliphatic heterocycles. The zero-order valence-electron chi connectivity index (χ0n) is 13.8. The van der Waals surface area contributed by atoms with Crippen molar-refractivity contribution in [3.63, 3.8) is 0 Å². The van der Waals surface area contributed by atoms with E-state index in [1.165, 1.54) is 0 Å². The fourth-order valence-electron chi connectivity index (χ4n) is 2.69. The highest BCUT2D eigenvalue weighted by Crippen LogP contribution is 2.22. The Kier molecular flexibility index (Phi) is 7.71. The molecule has 0 aliphatic carbocycles. The maximum atomic E-state index is 12.1. The van der Waals surface area contributed by atoms with Crippen molar-refractivity contribution >= 4 is 29.9 Å². The van der Waals surface area contributed by atoms with Gasteiger partial charge in [0.2, 0.25) is 5.76 Å². The van der Waals surface area contributed by atoms with Crippen LogP contribution in [0, 0.1) is 0 Å². The summed E-state index contributed by atoms with van der Waals surface area (Å²) in [4.78, 5) is 14.5. The van der Waals surface area contributed by atoms with Crippen LogP contribution in [0.25, 0.3) is 11.3 Å². The number of halogens is 2. The molecule has 8 heteroatoms. The Morgan fingerprint density at radius 2 is 2.12 bits per heavy atom. The lowest BCUT2D eigenvalue weighted by molar-refractivity contribution is 0.0914. The number of piperazine rings is 1. The van der Waals surface area contributed by atoms with Gasteiger partial charge >= 0.3 is 0 Å². The summed E-state index contributed by atoms with van der Waals surface area (Å²) in [7, 11) is 0. The highest BCUT2D eigenvalue weighted by Gasteiger charge is 2.14. The molecule has 1 amide bonds. The third-order valence-electron chi connectivity index (χ3n) is 4.00. The van der Waals surface area contributed by atoms with Gasteiger partial charge in [-0.15, -0.1) is 12.4 Å². The van der Waals surface area contributed by atoms with Gasteiger partial charge < -0.3 is 20.1 Å². The molecule has 2 heterocycles. The van der Waals surface area contributed by atoms with Crippen LogP contribution in [0.5, 0.6) is 0 Å². The van der Waals surface area contributed by atoms with Crippen molar-refractivity contribution in [2.24, 2.45) is 0 Å². The van der Waals surface area contributed by atoms with Crippen LogP contribution in [-0.2, 0) is 0 Å². The average molecular weight is 385 g/mol. The Morgan fingerprint density at radius 1 is 1.32 bits per heavy atom. The predicted molar refractivity (Wildman–Crippen MR) is 100 cm³/mol. The number of aromatic nitrogens is 1. The van der Waals surface area contributed by atoms with Crippen LogP contribution < -0.4 is 10.6 Å². The summed E-state index contributed by atoms with van der Waals surface area (Å²) >= 11 is 5.97. The van der Waals surface area contributed by atoms with E-state index in [4.69, 9.17) is 16.1 Å². The molecule has 1 aromatic heterocycles. The van der Waals surface area contributed by atoms with Crippen molar-refractivity contribution in [1.29, 1.82) is 0 Å². The van der Waals surface area contributed by atoms with E-state index in [9.17, 15) is 4.79 Å². The monoisotopic (exact) mass is 384 g/mol. The first-order valence-electron chi connectivity index (χ1n) is 8.16. The molecule has 0 atom stereocenters. The van der Waals surface area contributed by atoms with Gasteiger partial charge in [-0.2, -0.15) is 0 Å². The Morgan fingerprint density at radius 3 is 2.88 bits per heavy atom. The van der Waals surface area contributed by atoms with E-state index in [1.807, 2.05) is 12.1 Å². The van der Waals surface area contributed by atoms with Crippen molar-refractivity contribution in [3.05, 3.63) is 41.1 Å². The van der Waals surface area contributed by atoms with E-state index in [-0.39, 0.29) is 24.1 Å². The molecule has 1 aromatic carbocycles. The van der Waals surface area contributed by atoms with Crippen LogP contribution in [-0.4, -0.2) is 55.2 Å². The van der Waals surface area contributed by atoms with Gasteiger partial charge in [-0.3, -0.25) is 4.79 Å². The fourth-order valence-corrected chi connectivity index (χ4v) is 2.88. The molecule has 1 saturated heterocycles. The second-order valence-corrected chi connectivity index (χ2v) is 6.22. The van der Waals surface area contributed by atoms with Gasteiger partial charge in [-0.1, -0.05) is 28.9 Å². The van der Waals surface area contributed by atoms with Gasteiger partial charge in [0.15, 0.2) is 0 Å². The summed E-state index contributed by atoms with van der Waals surface area (Å²) < 4.78 is 5.14. The number of amides is 1. The third kappa shape index (κ3) is 5.71. The van der Waals surface area contributed by atoms with E-state index in [2.05, 4.69) is 20.7 Å². The molecule has 0 saturated carbocycles. The minimum absolute atomic E-state index is 0. The normalized spacial score (nSPS) is 14.8. The smallest absolute Gasteiger partial charge is 0.289 e. The highest BCUT2D eigenvalue weighted by atomic mass is 35.5. The van der Waals surface area contributed by atoms with E-state index in [0.717, 1.165) is 44.7 Å².